The van der Waals surface area contributed by atoms with Gasteiger partial charge in [-0.3, -0.25) is 4.79 Å². The minimum absolute atomic E-state index is 0.401. The van der Waals surface area contributed by atoms with Crippen LogP contribution in [-0.2, 0) is 17.4 Å². The van der Waals surface area contributed by atoms with E-state index >= 15 is 0 Å². The predicted octanol–water partition coefficient (Wildman–Crippen LogP) is 3.14. The second-order valence-corrected chi connectivity index (χ2v) is 3.59. The molecule has 0 unspecified atom stereocenters. The van der Waals surface area contributed by atoms with E-state index in [4.69, 9.17) is 10.4 Å². The molecule has 102 valence electrons. The van der Waals surface area contributed by atoms with Gasteiger partial charge in [0.05, 0.1) is 17.5 Å². The van der Waals surface area contributed by atoms with Crippen molar-refractivity contribution in [3.05, 3.63) is 34.4 Å². The highest BCUT2D eigenvalue weighted by molar-refractivity contribution is 5.70. The fraction of sp³-hybridized carbons (Fsp3) is 0.273. The molecule has 0 fully saturated rings. The Balaban J connectivity index is 3.56. The van der Waals surface area contributed by atoms with Gasteiger partial charge in [0.1, 0.15) is 6.07 Å². The lowest BCUT2D eigenvalue weighted by Gasteiger charge is -2.14. The van der Waals surface area contributed by atoms with Crippen LogP contribution in [0, 0.1) is 11.3 Å². The summed E-state index contributed by atoms with van der Waals surface area (Å²) < 4.78 is 63.2. The lowest BCUT2D eigenvalue weighted by atomic mass is 9.96. The molecule has 1 aromatic carbocycles. The molecule has 3 nitrogen and oxygen atoms in total. The van der Waals surface area contributed by atoms with Gasteiger partial charge in [-0.05, 0) is 17.7 Å². The normalized spacial score (nSPS) is 11.4. The maximum Gasteiger partial charge on any atom is 0.417 e. The van der Waals surface area contributed by atoms with Gasteiger partial charge in [-0.2, -0.15) is 18.4 Å². The summed E-state index contributed by atoms with van der Waals surface area (Å²) in [6, 6.07) is 2.09. The Kier molecular flexibility index (Phi) is 4.09. The minimum Gasteiger partial charge on any atom is -0.481 e. The highest BCUT2D eigenvalue weighted by atomic mass is 19.4. The average molecular weight is 279 g/mol. The van der Waals surface area contributed by atoms with Crippen LogP contribution in [0.15, 0.2) is 12.1 Å². The summed E-state index contributed by atoms with van der Waals surface area (Å²) in [6.07, 6.45) is -9.15. The van der Waals surface area contributed by atoms with Crippen molar-refractivity contribution in [1.29, 1.82) is 5.26 Å². The third-order valence-corrected chi connectivity index (χ3v) is 2.24. The number of aliphatic carboxylic acids is 1. The number of halogens is 5. The summed E-state index contributed by atoms with van der Waals surface area (Å²) in [5, 5.41) is 17.1. The molecule has 0 saturated heterocycles. The van der Waals surface area contributed by atoms with Gasteiger partial charge >= 0.3 is 12.1 Å². The minimum atomic E-state index is -5.01. The lowest BCUT2D eigenvalue weighted by Crippen LogP contribution is -2.12. The number of rotatable bonds is 3. The Morgan fingerprint density at radius 2 is 1.95 bits per heavy atom. The number of carboxylic acids is 1. The molecule has 0 atom stereocenters. The number of alkyl halides is 5. The number of hydrogen-bond donors (Lipinski definition) is 1. The maximum absolute atomic E-state index is 12.7. The summed E-state index contributed by atoms with van der Waals surface area (Å²) in [4.78, 5) is 10.4. The Hall–Kier alpha value is -2.17. The van der Waals surface area contributed by atoms with Crippen LogP contribution < -0.4 is 0 Å². The van der Waals surface area contributed by atoms with Gasteiger partial charge in [-0.1, -0.05) is 0 Å². The summed E-state index contributed by atoms with van der Waals surface area (Å²) in [5.74, 6) is -1.46. The van der Waals surface area contributed by atoms with Crippen LogP contribution in [0.3, 0.4) is 0 Å². The van der Waals surface area contributed by atoms with Crippen LogP contribution in [0.4, 0.5) is 22.0 Å². The van der Waals surface area contributed by atoms with E-state index in [0.717, 1.165) is 6.07 Å². The third kappa shape index (κ3) is 3.40. The molecule has 1 rings (SSSR count). The lowest BCUT2D eigenvalue weighted by molar-refractivity contribution is -0.139. The van der Waals surface area contributed by atoms with Gasteiger partial charge < -0.3 is 5.11 Å². The van der Waals surface area contributed by atoms with Crippen LogP contribution in [0.2, 0.25) is 0 Å². The maximum atomic E-state index is 12.7. The molecule has 1 N–H and O–H groups in total. The first-order chi connectivity index (χ1) is 8.66. The SMILES string of the molecule is N#Cc1c(C(F)F)cc(CC(=O)O)cc1C(F)(F)F. The number of carbonyl (C=O) groups is 1. The number of nitrogens with zero attached hydrogens (tertiary/aromatic N) is 1. The number of benzene rings is 1. The van der Waals surface area contributed by atoms with Crippen LogP contribution in [0.5, 0.6) is 0 Å². The molecule has 0 heterocycles. The molecule has 0 aliphatic rings. The van der Waals surface area contributed by atoms with E-state index in [-0.39, 0.29) is 0 Å². The molecular weight excluding hydrogens is 273 g/mol. The zero-order chi connectivity index (χ0) is 14.8. The molecule has 19 heavy (non-hydrogen) atoms. The highest BCUT2D eigenvalue weighted by Crippen LogP contribution is 2.37. The van der Waals surface area contributed by atoms with Crippen molar-refractivity contribution in [2.24, 2.45) is 0 Å². The van der Waals surface area contributed by atoms with E-state index < -0.39 is 47.2 Å². The second kappa shape index (κ2) is 5.22. The number of carboxylic acid groups (broad SMARTS) is 1. The largest absolute Gasteiger partial charge is 0.481 e. The Morgan fingerprint density at radius 3 is 2.32 bits per heavy atom. The summed E-state index contributed by atoms with van der Waals surface area (Å²) in [6.45, 7) is 0. The fourth-order valence-corrected chi connectivity index (χ4v) is 1.52. The van der Waals surface area contributed by atoms with Crippen molar-refractivity contribution in [3.63, 3.8) is 0 Å². The zero-order valence-corrected chi connectivity index (χ0v) is 9.13. The average Bonchev–Trinajstić information content (AvgIpc) is 2.25. The van der Waals surface area contributed by atoms with Crippen molar-refractivity contribution in [1.82, 2.24) is 0 Å². The van der Waals surface area contributed by atoms with Crippen molar-refractivity contribution in [2.45, 2.75) is 19.0 Å². The molecule has 0 spiro atoms. The first-order valence-electron chi connectivity index (χ1n) is 4.81. The smallest absolute Gasteiger partial charge is 0.417 e. The Morgan fingerprint density at radius 1 is 1.37 bits per heavy atom. The van der Waals surface area contributed by atoms with Crippen molar-refractivity contribution >= 4 is 5.97 Å². The highest BCUT2D eigenvalue weighted by Gasteiger charge is 2.36. The summed E-state index contributed by atoms with van der Waals surface area (Å²) in [5.41, 5.74) is -4.29. The van der Waals surface area contributed by atoms with Gasteiger partial charge in [0.15, 0.2) is 0 Å². The summed E-state index contributed by atoms with van der Waals surface area (Å²) >= 11 is 0. The third-order valence-electron chi connectivity index (χ3n) is 2.24. The van der Waals surface area contributed by atoms with Crippen molar-refractivity contribution in [3.8, 4) is 6.07 Å². The molecular formula is C11H6F5NO2. The molecule has 0 aromatic heterocycles. The van der Waals surface area contributed by atoms with E-state index in [1.807, 2.05) is 0 Å². The monoisotopic (exact) mass is 279 g/mol. The standard InChI is InChI=1S/C11H6F5NO2/c12-10(13)6-1-5(3-9(18)19)2-8(7(6)4-17)11(14,15)16/h1-2,10H,3H2,(H,18,19). The van der Waals surface area contributed by atoms with Crippen LogP contribution in [0.25, 0.3) is 0 Å². The van der Waals surface area contributed by atoms with Crippen LogP contribution >= 0.6 is 0 Å². The molecule has 1 aromatic rings. The molecule has 0 radical (unpaired) electrons. The second-order valence-electron chi connectivity index (χ2n) is 3.59. The summed E-state index contributed by atoms with van der Waals surface area (Å²) in [7, 11) is 0. The van der Waals surface area contributed by atoms with Gasteiger partial charge in [-0.25, -0.2) is 8.78 Å². The van der Waals surface area contributed by atoms with Crippen LogP contribution in [0.1, 0.15) is 28.7 Å². The van der Waals surface area contributed by atoms with Gasteiger partial charge in [0.25, 0.3) is 6.43 Å². The Bertz CT molecular complexity index is 545. The van der Waals surface area contributed by atoms with Crippen molar-refractivity contribution < 1.29 is 31.9 Å². The number of hydrogen-bond acceptors (Lipinski definition) is 2. The molecule has 0 amide bonds. The quantitative estimate of drug-likeness (QED) is 0.864. The number of nitriles is 1. The van der Waals surface area contributed by atoms with E-state index in [0.29, 0.717) is 12.1 Å². The van der Waals surface area contributed by atoms with Gasteiger partial charge in [-0.15, -0.1) is 0 Å². The zero-order valence-electron chi connectivity index (χ0n) is 9.13. The van der Waals surface area contributed by atoms with Gasteiger partial charge in [0, 0.05) is 5.56 Å². The molecule has 8 heteroatoms. The molecule has 0 saturated carbocycles. The van der Waals surface area contributed by atoms with Crippen molar-refractivity contribution in [2.75, 3.05) is 0 Å². The van der Waals surface area contributed by atoms with E-state index in [2.05, 4.69) is 0 Å². The van der Waals surface area contributed by atoms with E-state index in [1.165, 1.54) is 0 Å². The van der Waals surface area contributed by atoms with E-state index in [9.17, 15) is 26.7 Å². The Labute approximate surface area is 103 Å². The van der Waals surface area contributed by atoms with E-state index in [1.54, 1.807) is 0 Å². The first kappa shape index (κ1) is 14.9. The molecule has 0 aliphatic carbocycles. The predicted molar refractivity (Wildman–Crippen MR) is 52.5 cm³/mol. The topological polar surface area (TPSA) is 61.1 Å². The fourth-order valence-electron chi connectivity index (χ4n) is 1.52. The molecule has 0 aliphatic heterocycles. The first-order valence-corrected chi connectivity index (χ1v) is 4.81. The van der Waals surface area contributed by atoms with Crippen LogP contribution in [-0.4, -0.2) is 11.1 Å². The van der Waals surface area contributed by atoms with Gasteiger partial charge in [0.2, 0.25) is 0 Å². The molecule has 0 bridgehead atoms.